The van der Waals surface area contributed by atoms with Crippen molar-refractivity contribution in [3.05, 3.63) is 89.6 Å². The molecule has 32 heavy (non-hydrogen) atoms. The molecule has 5 rings (SSSR count). The third-order valence-corrected chi connectivity index (χ3v) is 6.05. The molecular weight excluding hydrogens is 402 g/mol. The van der Waals surface area contributed by atoms with E-state index in [1.54, 1.807) is 14.2 Å². The number of nitrogens with one attached hydrogen (secondary N) is 2. The Hall–Kier alpha value is -3.93. The standard InChI is InChI=1S/C26H25N3O3/c1-31-18-9-7-8-17(16-18)25-24-20(19-10-3-4-11-21(19)27-24)14-15-29(25)26(30)28-22-12-5-6-13-23(22)32-2/h3-13,16,25,27H,14-15H2,1-2H3,(H,28,30)/t25-/m0/s1. The lowest BCUT2D eigenvalue weighted by atomic mass is 9.92. The Labute approximate surface area is 186 Å². The smallest absolute Gasteiger partial charge is 0.322 e. The Morgan fingerprint density at radius 1 is 1.00 bits per heavy atom. The van der Waals surface area contributed by atoms with Crippen molar-refractivity contribution >= 4 is 22.6 Å². The van der Waals surface area contributed by atoms with Crippen molar-refractivity contribution in [2.45, 2.75) is 12.5 Å². The van der Waals surface area contributed by atoms with Gasteiger partial charge in [-0.2, -0.15) is 0 Å². The van der Waals surface area contributed by atoms with Crippen LogP contribution in [0.25, 0.3) is 10.9 Å². The van der Waals surface area contributed by atoms with Crippen LogP contribution in [0.4, 0.5) is 10.5 Å². The number of aromatic amines is 1. The van der Waals surface area contributed by atoms with Gasteiger partial charge in [-0.15, -0.1) is 0 Å². The maximum atomic E-state index is 13.5. The zero-order valence-corrected chi connectivity index (χ0v) is 18.1. The number of ether oxygens (including phenoxy) is 2. The van der Waals surface area contributed by atoms with Crippen molar-refractivity contribution in [3.63, 3.8) is 0 Å². The Kier molecular flexibility index (Phi) is 5.19. The van der Waals surface area contributed by atoms with Crippen molar-refractivity contribution in [1.29, 1.82) is 0 Å². The molecule has 0 saturated carbocycles. The molecule has 0 spiro atoms. The number of hydrogen-bond acceptors (Lipinski definition) is 3. The SMILES string of the molecule is COc1cccc([C@H]2c3[nH]c4ccccc4c3CCN2C(=O)Nc2ccccc2OC)c1. The minimum atomic E-state index is -0.268. The van der Waals surface area contributed by atoms with E-state index in [2.05, 4.69) is 28.5 Å². The summed E-state index contributed by atoms with van der Waals surface area (Å²) >= 11 is 0. The number of H-pyrrole nitrogens is 1. The van der Waals surface area contributed by atoms with E-state index in [0.29, 0.717) is 18.0 Å². The summed E-state index contributed by atoms with van der Waals surface area (Å²) in [6.45, 7) is 0.595. The van der Waals surface area contributed by atoms with E-state index in [9.17, 15) is 4.79 Å². The molecule has 2 amide bonds. The highest BCUT2D eigenvalue weighted by atomic mass is 16.5. The highest BCUT2D eigenvalue weighted by molar-refractivity contribution is 5.92. The summed E-state index contributed by atoms with van der Waals surface area (Å²) in [5, 5.41) is 4.25. The van der Waals surface area contributed by atoms with Gasteiger partial charge in [0.15, 0.2) is 0 Å². The summed E-state index contributed by atoms with van der Waals surface area (Å²) in [5.74, 6) is 1.39. The molecule has 6 heteroatoms. The molecule has 0 radical (unpaired) electrons. The summed E-state index contributed by atoms with van der Waals surface area (Å²) in [7, 11) is 3.25. The van der Waals surface area contributed by atoms with Gasteiger partial charge in [0.2, 0.25) is 0 Å². The molecule has 0 aliphatic carbocycles. The van der Waals surface area contributed by atoms with Crippen LogP contribution in [-0.4, -0.2) is 36.7 Å². The van der Waals surface area contributed by atoms with Crippen LogP contribution in [-0.2, 0) is 6.42 Å². The van der Waals surface area contributed by atoms with Crippen LogP contribution >= 0.6 is 0 Å². The van der Waals surface area contributed by atoms with Gasteiger partial charge >= 0.3 is 6.03 Å². The highest BCUT2D eigenvalue weighted by Gasteiger charge is 2.35. The predicted molar refractivity (Wildman–Crippen MR) is 126 cm³/mol. The third kappa shape index (κ3) is 3.43. The van der Waals surface area contributed by atoms with E-state index in [1.807, 2.05) is 59.5 Å². The first-order chi connectivity index (χ1) is 15.7. The summed E-state index contributed by atoms with van der Waals surface area (Å²) in [6, 6.07) is 23.2. The quantitative estimate of drug-likeness (QED) is 0.460. The molecule has 162 valence electrons. The molecule has 2 heterocycles. The van der Waals surface area contributed by atoms with Crippen LogP contribution in [0.1, 0.15) is 22.9 Å². The molecule has 1 aliphatic heterocycles. The van der Waals surface area contributed by atoms with E-state index in [0.717, 1.165) is 28.9 Å². The molecule has 6 nitrogen and oxygen atoms in total. The maximum Gasteiger partial charge on any atom is 0.322 e. The van der Waals surface area contributed by atoms with Gasteiger partial charge in [0, 0.05) is 23.1 Å². The van der Waals surface area contributed by atoms with Gasteiger partial charge in [0.1, 0.15) is 11.5 Å². The lowest BCUT2D eigenvalue weighted by molar-refractivity contribution is 0.193. The van der Waals surface area contributed by atoms with Crippen molar-refractivity contribution in [3.8, 4) is 11.5 Å². The average molecular weight is 428 g/mol. The largest absolute Gasteiger partial charge is 0.497 e. The van der Waals surface area contributed by atoms with Crippen LogP contribution in [0.3, 0.4) is 0 Å². The number of benzene rings is 3. The lowest BCUT2D eigenvalue weighted by Gasteiger charge is -2.36. The first-order valence-corrected chi connectivity index (χ1v) is 10.6. The number of methoxy groups -OCH3 is 2. The molecule has 0 bridgehead atoms. The summed E-state index contributed by atoms with van der Waals surface area (Å²) in [6.07, 6.45) is 0.777. The highest BCUT2D eigenvalue weighted by Crippen LogP contribution is 2.39. The monoisotopic (exact) mass is 427 g/mol. The predicted octanol–water partition coefficient (Wildman–Crippen LogP) is 5.36. The second kappa shape index (κ2) is 8.30. The molecule has 1 atom stereocenters. The van der Waals surface area contributed by atoms with Gasteiger partial charge in [0.25, 0.3) is 0 Å². The Morgan fingerprint density at radius 3 is 2.66 bits per heavy atom. The van der Waals surface area contributed by atoms with Gasteiger partial charge in [-0.05, 0) is 47.9 Å². The number of anilines is 1. The van der Waals surface area contributed by atoms with Crippen molar-refractivity contribution in [2.75, 3.05) is 26.1 Å². The number of para-hydroxylation sites is 3. The van der Waals surface area contributed by atoms with Crippen LogP contribution in [0.5, 0.6) is 11.5 Å². The van der Waals surface area contributed by atoms with Crippen LogP contribution in [0.15, 0.2) is 72.8 Å². The van der Waals surface area contributed by atoms with E-state index >= 15 is 0 Å². The molecule has 0 unspecified atom stereocenters. The topological polar surface area (TPSA) is 66.6 Å². The Morgan fingerprint density at radius 2 is 1.81 bits per heavy atom. The fraction of sp³-hybridized carbons (Fsp3) is 0.192. The number of rotatable bonds is 4. The first-order valence-electron chi connectivity index (χ1n) is 10.6. The third-order valence-electron chi connectivity index (χ3n) is 6.05. The fourth-order valence-electron chi connectivity index (χ4n) is 4.55. The van der Waals surface area contributed by atoms with Crippen LogP contribution < -0.4 is 14.8 Å². The van der Waals surface area contributed by atoms with Gasteiger partial charge in [-0.3, -0.25) is 0 Å². The molecular formula is C26H25N3O3. The molecule has 3 aromatic carbocycles. The van der Waals surface area contributed by atoms with Gasteiger partial charge in [0.05, 0.1) is 25.9 Å². The number of amides is 2. The first kappa shape index (κ1) is 20.0. The Balaban J connectivity index is 1.59. The number of carbonyl (C=O) groups is 1. The minimum Gasteiger partial charge on any atom is -0.497 e. The molecule has 1 aliphatic rings. The van der Waals surface area contributed by atoms with Gasteiger partial charge < -0.3 is 24.7 Å². The molecule has 0 saturated heterocycles. The molecule has 0 fully saturated rings. The number of carbonyl (C=O) groups excluding carboxylic acids is 1. The van der Waals surface area contributed by atoms with E-state index in [1.165, 1.54) is 10.9 Å². The molecule has 2 N–H and O–H groups in total. The van der Waals surface area contributed by atoms with Crippen LogP contribution in [0, 0.1) is 0 Å². The fourth-order valence-corrected chi connectivity index (χ4v) is 4.55. The van der Waals surface area contributed by atoms with Crippen LogP contribution in [0.2, 0.25) is 0 Å². The van der Waals surface area contributed by atoms with Crippen molar-refractivity contribution < 1.29 is 14.3 Å². The van der Waals surface area contributed by atoms with E-state index in [4.69, 9.17) is 9.47 Å². The summed E-state index contributed by atoms with van der Waals surface area (Å²) in [4.78, 5) is 19.0. The summed E-state index contributed by atoms with van der Waals surface area (Å²) < 4.78 is 10.9. The zero-order chi connectivity index (χ0) is 22.1. The van der Waals surface area contributed by atoms with E-state index in [-0.39, 0.29) is 12.1 Å². The average Bonchev–Trinajstić information content (AvgIpc) is 3.22. The van der Waals surface area contributed by atoms with Crippen molar-refractivity contribution in [1.82, 2.24) is 9.88 Å². The second-order valence-electron chi connectivity index (χ2n) is 7.82. The molecule has 4 aromatic rings. The molecule has 1 aromatic heterocycles. The number of hydrogen-bond donors (Lipinski definition) is 2. The minimum absolute atomic E-state index is 0.174. The normalized spacial score (nSPS) is 15.3. The number of aromatic nitrogens is 1. The number of nitrogens with zero attached hydrogens (tertiary/aromatic N) is 1. The van der Waals surface area contributed by atoms with Gasteiger partial charge in [-0.1, -0.05) is 42.5 Å². The number of urea groups is 1. The zero-order valence-electron chi connectivity index (χ0n) is 18.1. The Bertz CT molecular complexity index is 1280. The van der Waals surface area contributed by atoms with Crippen molar-refractivity contribution in [2.24, 2.45) is 0 Å². The maximum absolute atomic E-state index is 13.5. The number of fused-ring (bicyclic) bond motifs is 3. The van der Waals surface area contributed by atoms with Gasteiger partial charge in [-0.25, -0.2) is 4.79 Å². The summed E-state index contributed by atoms with van der Waals surface area (Å²) in [5.41, 5.74) is 5.02. The van der Waals surface area contributed by atoms with E-state index < -0.39 is 0 Å². The second-order valence-corrected chi connectivity index (χ2v) is 7.82. The lowest BCUT2D eigenvalue weighted by Crippen LogP contribution is -2.43.